The first-order chi connectivity index (χ1) is 10.7. The lowest BCUT2D eigenvalue weighted by Gasteiger charge is -2.11. The van der Waals surface area contributed by atoms with Gasteiger partial charge in [0, 0.05) is 30.8 Å². The lowest BCUT2D eigenvalue weighted by molar-refractivity contribution is 0.140. The Morgan fingerprint density at radius 2 is 2.05 bits per heavy atom. The van der Waals surface area contributed by atoms with Crippen molar-refractivity contribution in [1.29, 1.82) is 0 Å². The quantitative estimate of drug-likeness (QED) is 0.732. The van der Waals surface area contributed by atoms with Gasteiger partial charge in [0.2, 0.25) is 0 Å². The van der Waals surface area contributed by atoms with Crippen LogP contribution in [0.3, 0.4) is 0 Å². The number of aromatic hydroxyl groups is 1. The van der Waals surface area contributed by atoms with Gasteiger partial charge in [0.1, 0.15) is 11.9 Å². The molecule has 3 aromatic rings. The SMILES string of the molecule is C=CCn1ccc2ccc3c(c21)-c1cc(O)ccc1C3OC. The van der Waals surface area contributed by atoms with Crippen molar-refractivity contribution in [3.05, 3.63) is 66.4 Å². The topological polar surface area (TPSA) is 34.4 Å². The van der Waals surface area contributed by atoms with Gasteiger partial charge in [0.15, 0.2) is 0 Å². The Morgan fingerprint density at radius 1 is 1.23 bits per heavy atom. The normalized spacial score (nSPS) is 15.8. The molecule has 1 atom stereocenters. The second kappa shape index (κ2) is 4.75. The van der Waals surface area contributed by atoms with Crippen LogP contribution in [0.15, 0.2) is 55.3 Å². The maximum Gasteiger partial charge on any atom is 0.116 e. The second-order valence-corrected chi connectivity index (χ2v) is 5.61. The number of aromatic nitrogens is 1. The Labute approximate surface area is 129 Å². The van der Waals surface area contributed by atoms with Gasteiger partial charge in [-0.05, 0) is 34.9 Å². The number of fused-ring (bicyclic) bond motifs is 5. The summed E-state index contributed by atoms with van der Waals surface area (Å²) < 4.78 is 7.91. The van der Waals surface area contributed by atoms with E-state index in [2.05, 4.69) is 35.5 Å². The van der Waals surface area contributed by atoms with Gasteiger partial charge in [0.05, 0.1) is 5.52 Å². The zero-order valence-electron chi connectivity index (χ0n) is 12.4. The van der Waals surface area contributed by atoms with Gasteiger partial charge in [-0.25, -0.2) is 0 Å². The summed E-state index contributed by atoms with van der Waals surface area (Å²) >= 11 is 0. The van der Waals surface area contributed by atoms with Crippen LogP contribution in [-0.2, 0) is 11.3 Å². The number of phenols is 1. The predicted molar refractivity (Wildman–Crippen MR) is 88.1 cm³/mol. The minimum absolute atomic E-state index is 0.0814. The molecule has 110 valence electrons. The van der Waals surface area contributed by atoms with Gasteiger partial charge in [-0.3, -0.25) is 0 Å². The molecule has 1 aliphatic carbocycles. The lowest BCUT2D eigenvalue weighted by atomic mass is 10.0. The van der Waals surface area contributed by atoms with Crippen LogP contribution in [0, 0.1) is 0 Å². The molecule has 1 aromatic heterocycles. The van der Waals surface area contributed by atoms with Gasteiger partial charge < -0.3 is 14.4 Å². The first-order valence-corrected chi connectivity index (χ1v) is 7.33. The fraction of sp³-hybridized carbons (Fsp3) is 0.158. The molecule has 1 N–H and O–H groups in total. The Bertz CT molecular complexity index is 892. The molecular formula is C19H17NO2. The second-order valence-electron chi connectivity index (χ2n) is 5.61. The van der Waals surface area contributed by atoms with E-state index in [0.717, 1.165) is 28.8 Å². The molecule has 0 amide bonds. The largest absolute Gasteiger partial charge is 0.508 e. The van der Waals surface area contributed by atoms with E-state index < -0.39 is 0 Å². The van der Waals surface area contributed by atoms with Gasteiger partial charge in [-0.15, -0.1) is 6.58 Å². The van der Waals surface area contributed by atoms with Gasteiger partial charge >= 0.3 is 0 Å². The number of phenolic OH excluding ortho intramolecular Hbond substituents is 1. The van der Waals surface area contributed by atoms with Gasteiger partial charge in [-0.2, -0.15) is 0 Å². The average Bonchev–Trinajstić information content (AvgIpc) is 3.06. The van der Waals surface area contributed by atoms with Crippen molar-refractivity contribution in [1.82, 2.24) is 4.57 Å². The fourth-order valence-corrected chi connectivity index (χ4v) is 3.52. The number of hydrogen-bond acceptors (Lipinski definition) is 2. The molecule has 3 heteroatoms. The maximum absolute atomic E-state index is 9.91. The standard InChI is InChI=1S/C19H17NO2/c1-3-9-20-10-8-12-4-6-15-17(18(12)20)16-11-13(21)5-7-14(16)19(15)22-2/h3-8,10-11,19,21H,1,9H2,2H3. The van der Waals surface area contributed by atoms with Crippen LogP contribution in [0.1, 0.15) is 17.2 Å². The molecule has 1 unspecified atom stereocenters. The van der Waals surface area contributed by atoms with Gasteiger partial charge in [0.25, 0.3) is 0 Å². The highest BCUT2D eigenvalue weighted by Gasteiger charge is 2.31. The van der Waals surface area contributed by atoms with Crippen molar-refractivity contribution in [2.24, 2.45) is 0 Å². The van der Waals surface area contributed by atoms with Crippen molar-refractivity contribution in [2.75, 3.05) is 7.11 Å². The van der Waals surface area contributed by atoms with E-state index >= 15 is 0 Å². The van der Waals surface area contributed by atoms with E-state index in [9.17, 15) is 5.11 Å². The monoisotopic (exact) mass is 291 g/mol. The van der Waals surface area contributed by atoms with Crippen LogP contribution < -0.4 is 0 Å². The summed E-state index contributed by atoms with van der Waals surface area (Å²) in [7, 11) is 1.73. The van der Waals surface area contributed by atoms with Crippen LogP contribution >= 0.6 is 0 Å². The number of allylic oxidation sites excluding steroid dienone is 1. The Morgan fingerprint density at radius 3 is 2.82 bits per heavy atom. The molecule has 3 nitrogen and oxygen atoms in total. The summed E-state index contributed by atoms with van der Waals surface area (Å²) in [6.07, 6.45) is 3.89. The fourth-order valence-electron chi connectivity index (χ4n) is 3.52. The number of benzene rings is 2. The predicted octanol–water partition coefficient (Wildman–Crippen LogP) is 4.25. The van der Waals surface area contributed by atoms with Gasteiger partial charge in [-0.1, -0.05) is 24.3 Å². The first-order valence-electron chi connectivity index (χ1n) is 7.33. The molecule has 0 bridgehead atoms. The summed E-state index contributed by atoms with van der Waals surface area (Å²) in [5.41, 5.74) is 5.64. The van der Waals surface area contributed by atoms with E-state index in [0.29, 0.717) is 0 Å². The van der Waals surface area contributed by atoms with Crippen LogP contribution in [-0.4, -0.2) is 16.8 Å². The van der Waals surface area contributed by atoms with Crippen LogP contribution in [0.2, 0.25) is 0 Å². The molecule has 2 aromatic carbocycles. The highest BCUT2D eigenvalue weighted by atomic mass is 16.5. The zero-order valence-corrected chi connectivity index (χ0v) is 12.4. The van der Waals surface area contributed by atoms with Crippen molar-refractivity contribution in [2.45, 2.75) is 12.6 Å². The molecule has 4 rings (SSSR count). The van der Waals surface area contributed by atoms with E-state index in [4.69, 9.17) is 4.74 Å². The number of nitrogens with zero attached hydrogens (tertiary/aromatic N) is 1. The van der Waals surface area contributed by atoms with Crippen molar-refractivity contribution >= 4 is 10.9 Å². The summed E-state index contributed by atoms with van der Waals surface area (Å²) in [5.74, 6) is 0.278. The minimum Gasteiger partial charge on any atom is -0.508 e. The van der Waals surface area contributed by atoms with Crippen molar-refractivity contribution in [3.8, 4) is 16.9 Å². The van der Waals surface area contributed by atoms with Crippen LogP contribution in [0.25, 0.3) is 22.0 Å². The summed E-state index contributed by atoms with van der Waals surface area (Å²) in [6, 6.07) is 11.9. The number of rotatable bonds is 3. The Kier molecular flexibility index (Phi) is 2.84. The molecule has 0 radical (unpaired) electrons. The molecule has 0 saturated carbocycles. The Hall–Kier alpha value is -2.52. The smallest absolute Gasteiger partial charge is 0.116 e. The number of hydrogen-bond donors (Lipinski definition) is 1. The highest BCUT2D eigenvalue weighted by Crippen LogP contribution is 2.49. The Balaban J connectivity index is 2.11. The summed E-state index contributed by atoms with van der Waals surface area (Å²) in [6.45, 7) is 4.60. The van der Waals surface area contributed by atoms with Crippen molar-refractivity contribution < 1.29 is 9.84 Å². The maximum atomic E-state index is 9.91. The molecule has 0 fully saturated rings. The third kappa shape index (κ3) is 1.66. The molecule has 22 heavy (non-hydrogen) atoms. The average molecular weight is 291 g/mol. The molecule has 1 heterocycles. The minimum atomic E-state index is -0.0814. The molecule has 1 aliphatic rings. The zero-order chi connectivity index (χ0) is 15.3. The third-order valence-corrected chi connectivity index (χ3v) is 4.40. The van der Waals surface area contributed by atoms with Crippen LogP contribution in [0.4, 0.5) is 0 Å². The molecular weight excluding hydrogens is 274 g/mol. The number of methoxy groups -OCH3 is 1. The molecule has 0 aliphatic heterocycles. The van der Waals surface area contributed by atoms with E-state index in [1.165, 1.54) is 10.9 Å². The highest BCUT2D eigenvalue weighted by molar-refractivity contribution is 6.00. The third-order valence-electron chi connectivity index (χ3n) is 4.40. The first kappa shape index (κ1) is 13.2. The van der Waals surface area contributed by atoms with E-state index in [1.54, 1.807) is 13.2 Å². The molecule has 0 saturated heterocycles. The number of ether oxygens (including phenoxy) is 1. The summed E-state index contributed by atoms with van der Waals surface area (Å²) in [4.78, 5) is 0. The summed E-state index contributed by atoms with van der Waals surface area (Å²) in [5, 5.41) is 11.1. The van der Waals surface area contributed by atoms with Crippen molar-refractivity contribution in [3.63, 3.8) is 0 Å². The lowest BCUT2D eigenvalue weighted by Crippen LogP contribution is -1.99. The van der Waals surface area contributed by atoms with E-state index in [1.807, 2.05) is 18.2 Å². The molecule has 0 spiro atoms. The van der Waals surface area contributed by atoms with Crippen LogP contribution in [0.5, 0.6) is 5.75 Å². The van der Waals surface area contributed by atoms with E-state index in [-0.39, 0.29) is 11.9 Å².